The number of oxime groups is 1. The van der Waals surface area contributed by atoms with Gasteiger partial charge in [-0.1, -0.05) is 54.9 Å². The molecule has 1 amide bonds. The number of hydrogen-bond donors (Lipinski definition) is 2. The highest BCUT2D eigenvalue weighted by Gasteiger charge is 2.65. The number of carbonyl (C=O) groups is 3. The number of nitrogens with zero attached hydrogens (tertiary/aromatic N) is 1. The van der Waals surface area contributed by atoms with Crippen molar-refractivity contribution >= 4 is 23.4 Å². The van der Waals surface area contributed by atoms with Gasteiger partial charge in [0.25, 0.3) is 5.91 Å². The number of carbonyl (C=O) groups excluding carboxylic acids is 3. The third kappa shape index (κ3) is 5.24. The predicted octanol–water partition coefficient (Wildman–Crippen LogP) is 4.54. The van der Waals surface area contributed by atoms with Crippen molar-refractivity contribution in [2.24, 2.45) is 33.7 Å². The van der Waals surface area contributed by atoms with Crippen LogP contribution in [0.2, 0.25) is 0 Å². The molecule has 4 aliphatic carbocycles. The minimum absolute atomic E-state index is 0.0722. The van der Waals surface area contributed by atoms with Crippen LogP contribution in [0.5, 0.6) is 0 Å². The molecule has 0 heterocycles. The van der Waals surface area contributed by atoms with E-state index >= 15 is 0 Å². The van der Waals surface area contributed by atoms with Crippen LogP contribution in [-0.2, 0) is 30.4 Å². The molecule has 41 heavy (non-hydrogen) atoms. The summed E-state index contributed by atoms with van der Waals surface area (Å²) < 4.78 is 4.87. The minimum atomic E-state index is -1.19. The summed E-state index contributed by atoms with van der Waals surface area (Å²) in [5.74, 6) is 0.409. The van der Waals surface area contributed by atoms with Crippen molar-refractivity contribution in [2.45, 2.75) is 90.2 Å². The van der Waals surface area contributed by atoms with Crippen LogP contribution in [-0.4, -0.2) is 53.8 Å². The van der Waals surface area contributed by atoms with Gasteiger partial charge in [-0.2, -0.15) is 0 Å². The molecule has 5 rings (SSSR count). The normalized spacial score (nSPS) is 35.8. The summed E-state index contributed by atoms with van der Waals surface area (Å²) in [5.41, 5.74) is 1.71. The van der Waals surface area contributed by atoms with Crippen molar-refractivity contribution in [3.05, 3.63) is 47.5 Å². The maximum Gasteiger partial charge on any atom is 0.328 e. The number of methoxy groups -OCH3 is 1. The number of amides is 1. The summed E-state index contributed by atoms with van der Waals surface area (Å²) in [5, 5.41) is 18.4. The number of rotatable bonds is 8. The molecule has 7 atom stereocenters. The number of Topliss-reactive ketones (excluding diaryl/α,β-unsaturated/α-hetero) is 1. The second-order valence-corrected chi connectivity index (χ2v) is 13.1. The zero-order valence-corrected chi connectivity index (χ0v) is 24.8. The van der Waals surface area contributed by atoms with Gasteiger partial charge in [0.05, 0.1) is 12.8 Å². The average Bonchev–Trinajstić information content (AvgIpc) is 3.24. The van der Waals surface area contributed by atoms with E-state index in [1.165, 1.54) is 12.7 Å². The van der Waals surface area contributed by atoms with E-state index in [1.807, 2.05) is 30.3 Å². The van der Waals surface area contributed by atoms with Crippen molar-refractivity contribution < 1.29 is 29.1 Å². The second kappa shape index (κ2) is 11.3. The minimum Gasteiger partial charge on any atom is -0.467 e. The van der Waals surface area contributed by atoms with Gasteiger partial charge in [0.1, 0.15) is 11.6 Å². The maximum atomic E-state index is 12.6. The SMILES string of the molecule is COC(=O)[C@@H](Cc1ccccc1)NC(=O)CO/N=C1\C=C2CC[C@@H]3[C@H](CC[C@@]4(C)[C@H]3CC[C@]4(O)C(C)=O)[C@@]2(C)CC1. The fourth-order valence-electron chi connectivity index (χ4n) is 8.83. The van der Waals surface area contributed by atoms with Crippen molar-refractivity contribution in [1.82, 2.24) is 5.32 Å². The lowest BCUT2D eigenvalue weighted by atomic mass is 9.46. The molecule has 3 fully saturated rings. The summed E-state index contributed by atoms with van der Waals surface area (Å²) in [6.07, 6.45) is 9.68. The van der Waals surface area contributed by atoms with Gasteiger partial charge in [-0.25, -0.2) is 4.79 Å². The number of allylic oxidation sites excluding steroid dienone is 2. The standard InChI is InChI=1S/C33H44N2O6/c1-21(36)33(39)17-14-27-25-11-10-23-19-24(12-15-31(23,2)26(25)13-16-32(27,33)3)35-41-20-29(37)34-28(30(38)40-4)18-22-8-6-5-7-9-22/h5-9,19,25-28,39H,10-18,20H2,1-4H3,(H,34,37)/b35-24-/t25-,26+,27+,28-,31+,32+,33+/m1/s1. The van der Waals surface area contributed by atoms with Gasteiger partial charge in [-0.15, -0.1) is 0 Å². The van der Waals surface area contributed by atoms with Gasteiger partial charge >= 0.3 is 5.97 Å². The molecule has 0 bridgehead atoms. The lowest BCUT2D eigenvalue weighted by Gasteiger charge is -2.59. The van der Waals surface area contributed by atoms with Gasteiger partial charge < -0.3 is 20.0 Å². The van der Waals surface area contributed by atoms with E-state index in [4.69, 9.17) is 9.57 Å². The molecule has 0 spiro atoms. The summed E-state index contributed by atoms with van der Waals surface area (Å²) >= 11 is 0. The Bertz CT molecular complexity index is 1240. The van der Waals surface area contributed by atoms with E-state index in [0.717, 1.165) is 56.2 Å². The molecule has 0 aromatic heterocycles. The fourth-order valence-corrected chi connectivity index (χ4v) is 8.83. The Balaban J connectivity index is 1.20. The van der Waals surface area contributed by atoms with Crippen molar-refractivity contribution in [2.75, 3.05) is 13.7 Å². The van der Waals surface area contributed by atoms with Crippen molar-refractivity contribution in [1.29, 1.82) is 0 Å². The monoisotopic (exact) mass is 564 g/mol. The van der Waals surface area contributed by atoms with Gasteiger partial charge in [-0.3, -0.25) is 9.59 Å². The first-order valence-electron chi connectivity index (χ1n) is 15.1. The van der Waals surface area contributed by atoms with Gasteiger partial charge in [0.15, 0.2) is 12.4 Å². The van der Waals surface area contributed by atoms with Crippen LogP contribution in [0.1, 0.15) is 77.7 Å². The smallest absolute Gasteiger partial charge is 0.328 e. The second-order valence-electron chi connectivity index (χ2n) is 13.1. The van der Waals surface area contributed by atoms with Gasteiger partial charge in [0, 0.05) is 11.8 Å². The molecule has 0 aliphatic heterocycles. The van der Waals surface area contributed by atoms with E-state index in [2.05, 4.69) is 30.4 Å². The number of fused-ring (bicyclic) bond motifs is 5. The molecule has 4 aliphatic rings. The van der Waals surface area contributed by atoms with E-state index in [9.17, 15) is 19.5 Å². The molecule has 3 saturated carbocycles. The highest BCUT2D eigenvalue weighted by atomic mass is 16.6. The summed E-state index contributed by atoms with van der Waals surface area (Å²) in [6.45, 7) is 5.81. The fraction of sp³-hybridized carbons (Fsp3) is 0.636. The van der Waals surface area contributed by atoms with E-state index in [1.54, 1.807) is 6.92 Å². The molecular weight excluding hydrogens is 520 g/mol. The first-order chi connectivity index (χ1) is 19.5. The molecule has 0 saturated heterocycles. The lowest BCUT2D eigenvalue weighted by molar-refractivity contribution is -0.159. The Morgan fingerprint density at radius 2 is 1.78 bits per heavy atom. The van der Waals surface area contributed by atoms with Crippen molar-refractivity contribution in [3.8, 4) is 0 Å². The number of hydrogen-bond acceptors (Lipinski definition) is 7. The third-order valence-electron chi connectivity index (χ3n) is 11.2. The van der Waals surface area contributed by atoms with Crippen LogP contribution in [0.4, 0.5) is 0 Å². The van der Waals surface area contributed by atoms with E-state index in [0.29, 0.717) is 30.6 Å². The van der Waals surface area contributed by atoms with Crippen LogP contribution in [0, 0.1) is 28.6 Å². The Labute approximate surface area is 242 Å². The zero-order valence-electron chi connectivity index (χ0n) is 24.8. The van der Waals surface area contributed by atoms with Gasteiger partial charge in [0.2, 0.25) is 0 Å². The van der Waals surface area contributed by atoms with E-state index < -0.39 is 23.5 Å². The largest absolute Gasteiger partial charge is 0.467 e. The molecule has 8 heteroatoms. The van der Waals surface area contributed by atoms with Gasteiger partial charge in [-0.05, 0) is 93.1 Å². The molecule has 0 unspecified atom stereocenters. The van der Waals surface area contributed by atoms with Crippen LogP contribution in [0.25, 0.3) is 0 Å². The Morgan fingerprint density at radius 3 is 2.49 bits per heavy atom. The Kier molecular flexibility index (Phi) is 8.16. The lowest BCUT2D eigenvalue weighted by Crippen LogP contribution is -2.57. The molecule has 0 radical (unpaired) electrons. The maximum absolute atomic E-state index is 12.6. The number of nitrogens with one attached hydrogen (secondary N) is 1. The molecule has 222 valence electrons. The highest BCUT2D eigenvalue weighted by molar-refractivity contribution is 5.96. The predicted molar refractivity (Wildman–Crippen MR) is 155 cm³/mol. The number of ketones is 1. The first kappa shape index (κ1) is 29.5. The number of benzene rings is 1. The Hall–Kier alpha value is -3.00. The van der Waals surface area contributed by atoms with Crippen LogP contribution in [0.3, 0.4) is 0 Å². The summed E-state index contributed by atoms with van der Waals surface area (Å²) in [6, 6.07) is 8.65. The summed E-state index contributed by atoms with van der Waals surface area (Å²) in [4.78, 5) is 42.8. The van der Waals surface area contributed by atoms with Crippen LogP contribution >= 0.6 is 0 Å². The topological polar surface area (TPSA) is 114 Å². The molecule has 1 aromatic carbocycles. The Morgan fingerprint density at radius 1 is 1.05 bits per heavy atom. The average molecular weight is 565 g/mol. The quantitative estimate of drug-likeness (QED) is 0.354. The van der Waals surface area contributed by atoms with Crippen LogP contribution in [0.15, 0.2) is 47.1 Å². The number of esters is 1. The highest BCUT2D eigenvalue weighted by Crippen LogP contribution is 2.67. The third-order valence-corrected chi connectivity index (χ3v) is 11.2. The number of aliphatic hydroxyl groups is 1. The first-order valence-corrected chi connectivity index (χ1v) is 15.1. The van der Waals surface area contributed by atoms with E-state index in [-0.39, 0.29) is 23.2 Å². The molecule has 1 aromatic rings. The molecule has 2 N–H and O–H groups in total. The molecule has 8 nitrogen and oxygen atoms in total. The number of ether oxygens (including phenoxy) is 1. The zero-order chi connectivity index (χ0) is 29.4. The van der Waals surface area contributed by atoms with Crippen LogP contribution < -0.4 is 5.32 Å². The molecular formula is C33H44N2O6. The van der Waals surface area contributed by atoms with Crippen molar-refractivity contribution in [3.63, 3.8) is 0 Å². The summed E-state index contributed by atoms with van der Waals surface area (Å²) in [7, 11) is 1.30.